The van der Waals surface area contributed by atoms with Gasteiger partial charge in [-0.3, -0.25) is 4.79 Å². The van der Waals surface area contributed by atoms with E-state index in [1.807, 2.05) is 41.8 Å². The van der Waals surface area contributed by atoms with E-state index in [1.54, 1.807) is 0 Å². The Hall–Kier alpha value is -2.39. The molecule has 1 aliphatic carbocycles. The van der Waals surface area contributed by atoms with E-state index in [4.69, 9.17) is 5.73 Å². The maximum absolute atomic E-state index is 13.1. The number of benzene rings is 2. The molecule has 1 heterocycles. The quantitative estimate of drug-likeness (QED) is 0.677. The molecule has 0 amide bonds. The highest BCUT2D eigenvalue weighted by atomic mass is 32.1. The lowest BCUT2D eigenvalue weighted by Gasteiger charge is -2.16. The highest BCUT2D eigenvalue weighted by Crippen LogP contribution is 2.35. The van der Waals surface area contributed by atoms with Crippen molar-refractivity contribution in [3.63, 3.8) is 0 Å². The summed E-state index contributed by atoms with van der Waals surface area (Å²) in [6, 6.07) is 16.1. The molecule has 4 rings (SSSR count). The topological polar surface area (TPSA) is 43.1 Å². The fraction of sp³-hybridized carbons (Fsp3) is 0.190. The lowest BCUT2D eigenvalue weighted by atomic mass is 9.88. The van der Waals surface area contributed by atoms with Gasteiger partial charge in [0.1, 0.15) is 0 Å². The number of fused-ring (bicyclic) bond motifs is 1. The van der Waals surface area contributed by atoms with E-state index >= 15 is 0 Å². The molecule has 0 atom stereocenters. The Morgan fingerprint density at radius 3 is 2.50 bits per heavy atom. The van der Waals surface area contributed by atoms with Gasteiger partial charge in [0.25, 0.3) is 0 Å². The first kappa shape index (κ1) is 15.2. The Kier molecular flexibility index (Phi) is 3.95. The molecule has 0 radical (unpaired) electrons. The van der Waals surface area contributed by atoms with Gasteiger partial charge >= 0.3 is 0 Å². The lowest BCUT2D eigenvalue weighted by Crippen LogP contribution is -2.08. The van der Waals surface area contributed by atoms with E-state index in [0.29, 0.717) is 10.6 Å². The average Bonchev–Trinajstić information content (AvgIpc) is 3.03. The van der Waals surface area contributed by atoms with Crippen LogP contribution in [0.2, 0.25) is 0 Å². The van der Waals surface area contributed by atoms with Gasteiger partial charge in [0.2, 0.25) is 0 Å². The summed E-state index contributed by atoms with van der Waals surface area (Å²) >= 11 is 1.43. The number of thiophene rings is 1. The van der Waals surface area contributed by atoms with Crippen LogP contribution in [0.25, 0.3) is 11.1 Å². The molecule has 0 fully saturated rings. The normalized spacial score (nSPS) is 13.5. The van der Waals surface area contributed by atoms with Gasteiger partial charge < -0.3 is 5.73 Å². The molecule has 120 valence electrons. The number of carbonyl (C=O) groups is 1. The molecule has 2 nitrogen and oxygen atoms in total. The molecule has 0 unspecified atom stereocenters. The lowest BCUT2D eigenvalue weighted by molar-refractivity contribution is 0.104. The molecule has 2 aromatic carbocycles. The summed E-state index contributed by atoms with van der Waals surface area (Å²) in [4.78, 5) is 13.1. The van der Waals surface area contributed by atoms with Crippen molar-refractivity contribution >= 4 is 22.1 Å². The zero-order valence-corrected chi connectivity index (χ0v) is 14.2. The number of aryl methyl sites for hydroxylation is 2. The van der Waals surface area contributed by atoms with Crippen molar-refractivity contribution in [2.24, 2.45) is 0 Å². The summed E-state index contributed by atoms with van der Waals surface area (Å²) in [7, 11) is 0. The molecular formula is C21H19NOS. The summed E-state index contributed by atoms with van der Waals surface area (Å²) in [5, 5.41) is 2.58. The van der Waals surface area contributed by atoms with E-state index in [0.717, 1.165) is 29.5 Å². The van der Waals surface area contributed by atoms with E-state index in [2.05, 4.69) is 12.1 Å². The standard InChI is InChI=1S/C21H19NOS/c22-21-19(18(13-24-21)15-7-2-1-3-8-15)20(23)17-11-10-14-6-4-5-9-16(14)12-17/h1-3,7-8,10-13H,4-6,9,22H2. The molecular weight excluding hydrogens is 314 g/mol. The fourth-order valence-electron chi connectivity index (χ4n) is 3.46. The average molecular weight is 333 g/mol. The fourth-order valence-corrected chi connectivity index (χ4v) is 4.28. The largest absolute Gasteiger partial charge is 0.390 e. The second-order valence-electron chi connectivity index (χ2n) is 6.27. The minimum Gasteiger partial charge on any atom is -0.390 e. The Labute approximate surface area is 146 Å². The summed E-state index contributed by atoms with van der Waals surface area (Å²) in [6.07, 6.45) is 4.65. The third-order valence-electron chi connectivity index (χ3n) is 4.74. The van der Waals surface area contributed by atoms with E-state index in [1.165, 1.54) is 35.3 Å². The van der Waals surface area contributed by atoms with Crippen LogP contribution in [0.1, 0.15) is 39.9 Å². The van der Waals surface area contributed by atoms with Gasteiger partial charge in [0.15, 0.2) is 5.78 Å². The maximum Gasteiger partial charge on any atom is 0.196 e. The zero-order valence-electron chi connectivity index (χ0n) is 13.4. The monoisotopic (exact) mass is 333 g/mol. The molecule has 24 heavy (non-hydrogen) atoms. The first-order valence-electron chi connectivity index (χ1n) is 8.33. The van der Waals surface area contributed by atoms with Gasteiger partial charge in [-0.1, -0.05) is 42.5 Å². The van der Waals surface area contributed by atoms with E-state index < -0.39 is 0 Å². The number of hydrogen-bond acceptors (Lipinski definition) is 3. The van der Waals surface area contributed by atoms with Crippen molar-refractivity contribution in [3.05, 3.63) is 76.2 Å². The molecule has 0 saturated carbocycles. The Bertz CT molecular complexity index is 895. The number of nitrogens with two attached hydrogens (primary N) is 1. The van der Waals surface area contributed by atoms with Crippen LogP contribution in [0.15, 0.2) is 53.9 Å². The number of anilines is 1. The molecule has 0 bridgehead atoms. The minimum atomic E-state index is 0.0287. The minimum absolute atomic E-state index is 0.0287. The van der Waals surface area contributed by atoms with Gasteiger partial charge in [0, 0.05) is 16.5 Å². The van der Waals surface area contributed by atoms with Crippen molar-refractivity contribution in [3.8, 4) is 11.1 Å². The highest BCUT2D eigenvalue weighted by Gasteiger charge is 2.21. The third-order valence-corrected chi connectivity index (χ3v) is 5.55. The van der Waals surface area contributed by atoms with Crippen LogP contribution in [0.4, 0.5) is 5.00 Å². The molecule has 1 aromatic heterocycles. The maximum atomic E-state index is 13.1. The second kappa shape index (κ2) is 6.25. The van der Waals surface area contributed by atoms with Crippen LogP contribution in [0.5, 0.6) is 0 Å². The number of ketones is 1. The summed E-state index contributed by atoms with van der Waals surface area (Å²) in [5.41, 5.74) is 12.2. The molecule has 1 aliphatic rings. The summed E-state index contributed by atoms with van der Waals surface area (Å²) < 4.78 is 0. The Morgan fingerprint density at radius 1 is 0.958 bits per heavy atom. The van der Waals surface area contributed by atoms with Crippen molar-refractivity contribution in [1.29, 1.82) is 0 Å². The van der Waals surface area contributed by atoms with Gasteiger partial charge in [-0.15, -0.1) is 11.3 Å². The first-order chi connectivity index (χ1) is 11.7. The molecule has 0 saturated heterocycles. The van der Waals surface area contributed by atoms with E-state index in [-0.39, 0.29) is 5.78 Å². The number of rotatable bonds is 3. The predicted octanol–water partition coefficient (Wildman–Crippen LogP) is 5.11. The van der Waals surface area contributed by atoms with Gasteiger partial charge in [-0.05, 0) is 48.4 Å². The van der Waals surface area contributed by atoms with E-state index in [9.17, 15) is 4.79 Å². The van der Waals surface area contributed by atoms with Crippen molar-refractivity contribution < 1.29 is 4.79 Å². The van der Waals surface area contributed by atoms with Gasteiger partial charge in [-0.25, -0.2) is 0 Å². The Balaban J connectivity index is 1.77. The van der Waals surface area contributed by atoms with Crippen LogP contribution in [0.3, 0.4) is 0 Å². The number of hydrogen-bond donors (Lipinski definition) is 1. The van der Waals surface area contributed by atoms with Crippen LogP contribution >= 0.6 is 11.3 Å². The van der Waals surface area contributed by atoms with Gasteiger partial charge in [-0.2, -0.15) is 0 Å². The predicted molar refractivity (Wildman–Crippen MR) is 101 cm³/mol. The summed E-state index contributed by atoms with van der Waals surface area (Å²) in [6.45, 7) is 0. The van der Waals surface area contributed by atoms with Crippen LogP contribution in [-0.2, 0) is 12.8 Å². The van der Waals surface area contributed by atoms with Crippen molar-refractivity contribution in [2.45, 2.75) is 25.7 Å². The van der Waals surface area contributed by atoms with Crippen molar-refractivity contribution in [1.82, 2.24) is 0 Å². The van der Waals surface area contributed by atoms with Crippen LogP contribution in [0, 0.1) is 0 Å². The summed E-state index contributed by atoms with van der Waals surface area (Å²) in [5.74, 6) is 0.0287. The highest BCUT2D eigenvalue weighted by molar-refractivity contribution is 7.15. The Morgan fingerprint density at radius 2 is 1.71 bits per heavy atom. The van der Waals surface area contributed by atoms with Crippen molar-refractivity contribution in [2.75, 3.05) is 5.73 Å². The second-order valence-corrected chi connectivity index (χ2v) is 7.19. The smallest absolute Gasteiger partial charge is 0.196 e. The van der Waals surface area contributed by atoms with Crippen LogP contribution in [-0.4, -0.2) is 5.78 Å². The van der Waals surface area contributed by atoms with Gasteiger partial charge in [0.05, 0.1) is 10.6 Å². The SMILES string of the molecule is Nc1scc(-c2ccccc2)c1C(=O)c1ccc2c(c1)CCCC2. The molecule has 0 spiro atoms. The molecule has 0 aliphatic heterocycles. The zero-order chi connectivity index (χ0) is 16.5. The molecule has 3 aromatic rings. The third kappa shape index (κ3) is 2.65. The number of carbonyl (C=O) groups excluding carboxylic acids is 1. The molecule has 2 N–H and O–H groups in total. The van der Waals surface area contributed by atoms with Crippen LogP contribution < -0.4 is 5.73 Å². The molecule has 3 heteroatoms. The first-order valence-corrected chi connectivity index (χ1v) is 9.21. The number of nitrogen functional groups attached to an aromatic ring is 1.